The lowest BCUT2D eigenvalue weighted by Gasteiger charge is -2.19. The SMILES string of the molecule is COCc1cc(C2C(=O)N(c3ccccc3)c3ccccc32)cc(-c2ccccc2)c1O. The van der Waals surface area contributed by atoms with Crippen LogP contribution in [0.25, 0.3) is 11.1 Å². The summed E-state index contributed by atoms with van der Waals surface area (Å²) in [6, 6.07) is 31.1. The van der Waals surface area contributed by atoms with Crippen molar-refractivity contribution < 1.29 is 14.6 Å². The van der Waals surface area contributed by atoms with E-state index in [-0.39, 0.29) is 18.3 Å². The second-order valence-electron chi connectivity index (χ2n) is 7.88. The number of benzene rings is 4. The monoisotopic (exact) mass is 421 g/mol. The van der Waals surface area contributed by atoms with Crippen molar-refractivity contribution in [2.24, 2.45) is 0 Å². The zero-order valence-corrected chi connectivity index (χ0v) is 17.7. The Morgan fingerprint density at radius 1 is 0.875 bits per heavy atom. The van der Waals surface area contributed by atoms with E-state index in [1.54, 1.807) is 12.0 Å². The first-order valence-electron chi connectivity index (χ1n) is 10.6. The van der Waals surface area contributed by atoms with Crippen LogP contribution < -0.4 is 4.90 Å². The third kappa shape index (κ3) is 3.35. The number of methoxy groups -OCH3 is 1. The smallest absolute Gasteiger partial charge is 0.243 e. The van der Waals surface area contributed by atoms with E-state index in [9.17, 15) is 9.90 Å². The molecule has 0 fully saturated rings. The topological polar surface area (TPSA) is 49.8 Å². The summed E-state index contributed by atoms with van der Waals surface area (Å²) < 4.78 is 5.35. The maximum Gasteiger partial charge on any atom is 0.243 e. The largest absolute Gasteiger partial charge is 0.507 e. The molecule has 4 aromatic carbocycles. The molecule has 0 spiro atoms. The fraction of sp³-hybridized carbons (Fsp3) is 0.107. The Bertz CT molecular complexity index is 1270. The van der Waals surface area contributed by atoms with Gasteiger partial charge in [0.2, 0.25) is 5.91 Å². The summed E-state index contributed by atoms with van der Waals surface area (Å²) in [5.41, 5.74) is 5.76. The molecule has 1 N–H and O–H groups in total. The van der Waals surface area contributed by atoms with Crippen LogP contribution in [0.5, 0.6) is 5.75 Å². The minimum absolute atomic E-state index is 0.00883. The number of ether oxygens (including phenoxy) is 1. The molecule has 4 aromatic rings. The molecule has 4 heteroatoms. The molecule has 0 saturated carbocycles. The third-order valence-electron chi connectivity index (χ3n) is 5.90. The number of carbonyl (C=O) groups excluding carboxylic acids is 1. The van der Waals surface area contributed by atoms with Crippen LogP contribution in [-0.2, 0) is 16.1 Å². The predicted octanol–water partition coefficient (Wildman–Crippen LogP) is 6.02. The van der Waals surface area contributed by atoms with Crippen molar-refractivity contribution in [3.8, 4) is 16.9 Å². The van der Waals surface area contributed by atoms with E-state index in [4.69, 9.17) is 4.74 Å². The molecule has 0 aromatic heterocycles. The average Bonchev–Trinajstić information content (AvgIpc) is 3.13. The highest BCUT2D eigenvalue weighted by molar-refractivity contribution is 6.12. The van der Waals surface area contributed by atoms with E-state index < -0.39 is 5.92 Å². The van der Waals surface area contributed by atoms with Crippen molar-refractivity contribution in [2.45, 2.75) is 12.5 Å². The fourth-order valence-corrected chi connectivity index (χ4v) is 4.47. The van der Waals surface area contributed by atoms with Crippen LogP contribution in [0.3, 0.4) is 0 Å². The molecule has 5 rings (SSSR count). The van der Waals surface area contributed by atoms with E-state index in [2.05, 4.69) is 0 Å². The molecule has 4 nitrogen and oxygen atoms in total. The van der Waals surface area contributed by atoms with E-state index in [0.29, 0.717) is 11.1 Å². The van der Waals surface area contributed by atoms with Crippen molar-refractivity contribution in [3.63, 3.8) is 0 Å². The molecule has 0 bridgehead atoms. The molecule has 1 aliphatic heterocycles. The standard InChI is InChI=1S/C28H23NO3/c1-32-18-21-16-20(17-24(27(21)30)19-10-4-2-5-11-19)26-23-14-8-9-15-25(23)29(28(26)31)22-12-6-3-7-13-22/h2-17,26,30H,18H2,1H3. The number of hydrogen-bond donors (Lipinski definition) is 1. The van der Waals surface area contributed by atoms with Crippen molar-refractivity contribution in [3.05, 3.63) is 114 Å². The molecule has 0 saturated heterocycles. The first-order chi connectivity index (χ1) is 15.7. The highest BCUT2D eigenvalue weighted by Crippen LogP contribution is 2.46. The van der Waals surface area contributed by atoms with Crippen molar-refractivity contribution >= 4 is 17.3 Å². The predicted molar refractivity (Wildman–Crippen MR) is 126 cm³/mol. The summed E-state index contributed by atoms with van der Waals surface area (Å²) in [6.45, 7) is 0.254. The van der Waals surface area contributed by atoms with Gasteiger partial charge in [-0.2, -0.15) is 0 Å². The second kappa shape index (κ2) is 8.33. The lowest BCUT2D eigenvalue weighted by molar-refractivity contribution is -0.117. The molecule has 1 heterocycles. The Morgan fingerprint density at radius 3 is 2.25 bits per heavy atom. The van der Waals surface area contributed by atoms with E-state index in [1.165, 1.54) is 0 Å². The minimum atomic E-state index is -0.468. The van der Waals surface area contributed by atoms with Crippen LogP contribution >= 0.6 is 0 Å². The number of phenols is 1. The molecular weight excluding hydrogens is 398 g/mol. The summed E-state index contributed by atoms with van der Waals surface area (Å²) in [5, 5.41) is 11.0. The van der Waals surface area contributed by atoms with Crippen molar-refractivity contribution in [2.75, 3.05) is 12.0 Å². The highest BCUT2D eigenvalue weighted by Gasteiger charge is 2.39. The molecule has 0 radical (unpaired) electrons. The summed E-state index contributed by atoms with van der Waals surface area (Å²) in [5.74, 6) is -0.295. The van der Waals surface area contributed by atoms with Gasteiger partial charge >= 0.3 is 0 Å². The average molecular weight is 421 g/mol. The van der Waals surface area contributed by atoms with Gasteiger partial charge in [0.05, 0.1) is 18.2 Å². The van der Waals surface area contributed by atoms with Crippen LogP contribution in [-0.4, -0.2) is 18.1 Å². The van der Waals surface area contributed by atoms with Gasteiger partial charge < -0.3 is 9.84 Å². The van der Waals surface area contributed by atoms with Gasteiger partial charge in [0.1, 0.15) is 5.75 Å². The molecule has 32 heavy (non-hydrogen) atoms. The zero-order chi connectivity index (χ0) is 22.1. The maximum absolute atomic E-state index is 13.8. The Kier molecular flexibility index (Phi) is 5.21. The van der Waals surface area contributed by atoms with Gasteiger partial charge in [-0.1, -0.05) is 66.7 Å². The quantitative estimate of drug-likeness (QED) is 0.429. The number of nitrogens with zero attached hydrogens (tertiary/aromatic N) is 1. The normalized spacial score (nSPS) is 15.1. The van der Waals surface area contributed by atoms with Gasteiger partial charge in [0, 0.05) is 23.9 Å². The number of aromatic hydroxyl groups is 1. The van der Waals surface area contributed by atoms with Gasteiger partial charge in [-0.25, -0.2) is 0 Å². The maximum atomic E-state index is 13.8. The van der Waals surface area contributed by atoms with Crippen LogP contribution in [0.2, 0.25) is 0 Å². The van der Waals surface area contributed by atoms with Crippen LogP contribution in [0.1, 0.15) is 22.6 Å². The molecule has 1 aliphatic rings. The number of para-hydroxylation sites is 2. The summed E-state index contributed by atoms with van der Waals surface area (Å²) in [6.07, 6.45) is 0. The third-order valence-corrected chi connectivity index (χ3v) is 5.90. The molecule has 1 amide bonds. The number of anilines is 2. The fourth-order valence-electron chi connectivity index (χ4n) is 4.47. The highest BCUT2D eigenvalue weighted by atomic mass is 16.5. The summed E-state index contributed by atoms with van der Waals surface area (Å²) in [4.78, 5) is 15.6. The lowest BCUT2D eigenvalue weighted by atomic mass is 9.88. The molecule has 1 unspecified atom stereocenters. The Hall–Kier alpha value is -3.89. The van der Waals surface area contributed by atoms with E-state index >= 15 is 0 Å². The second-order valence-corrected chi connectivity index (χ2v) is 7.88. The van der Waals surface area contributed by atoms with Crippen molar-refractivity contribution in [1.29, 1.82) is 0 Å². The Balaban J connectivity index is 1.69. The molecule has 0 aliphatic carbocycles. The number of hydrogen-bond acceptors (Lipinski definition) is 3. The van der Waals surface area contributed by atoms with Gasteiger partial charge in [-0.3, -0.25) is 9.69 Å². The number of rotatable bonds is 5. The first-order valence-corrected chi connectivity index (χ1v) is 10.6. The molecule has 1 atom stereocenters. The lowest BCUT2D eigenvalue weighted by Crippen LogP contribution is -2.24. The van der Waals surface area contributed by atoms with Gasteiger partial charge in [0.25, 0.3) is 0 Å². The minimum Gasteiger partial charge on any atom is -0.507 e. The van der Waals surface area contributed by atoms with Crippen molar-refractivity contribution in [1.82, 2.24) is 0 Å². The number of amides is 1. The summed E-state index contributed by atoms with van der Waals surface area (Å²) >= 11 is 0. The molecular formula is C28H23NO3. The van der Waals surface area contributed by atoms with Gasteiger partial charge in [-0.05, 0) is 47.0 Å². The molecule has 158 valence electrons. The van der Waals surface area contributed by atoms with Crippen LogP contribution in [0, 0.1) is 0 Å². The summed E-state index contributed by atoms with van der Waals surface area (Å²) in [7, 11) is 1.60. The number of carbonyl (C=O) groups is 1. The van der Waals surface area contributed by atoms with Crippen LogP contribution in [0.15, 0.2) is 97.1 Å². The Morgan fingerprint density at radius 2 is 1.53 bits per heavy atom. The van der Waals surface area contributed by atoms with Gasteiger partial charge in [0.15, 0.2) is 0 Å². The number of phenolic OH excluding ortho intramolecular Hbond substituents is 1. The number of fused-ring (bicyclic) bond motifs is 1. The first kappa shape index (κ1) is 20.0. The van der Waals surface area contributed by atoms with Crippen LogP contribution in [0.4, 0.5) is 11.4 Å². The Labute approximate surface area is 187 Å². The van der Waals surface area contributed by atoms with E-state index in [0.717, 1.165) is 28.1 Å². The van der Waals surface area contributed by atoms with Gasteiger partial charge in [-0.15, -0.1) is 0 Å². The zero-order valence-electron chi connectivity index (χ0n) is 17.7. The van der Waals surface area contributed by atoms with E-state index in [1.807, 2.05) is 97.1 Å².